The van der Waals surface area contributed by atoms with E-state index in [1.165, 1.54) is 16.8 Å². The van der Waals surface area contributed by atoms with E-state index in [2.05, 4.69) is 88.3 Å². The molecule has 0 amide bonds. The number of nitrogens with one attached hydrogen (secondary N) is 1. The van der Waals surface area contributed by atoms with Crippen LogP contribution in [0.1, 0.15) is 52.5 Å². The van der Waals surface area contributed by atoms with Crippen LogP contribution in [0.2, 0.25) is 0 Å². The molecule has 1 N–H and O–H groups in total. The highest BCUT2D eigenvalue weighted by Gasteiger charge is 2.34. The largest absolute Gasteiger partial charge is 0.376 e. The highest BCUT2D eigenvalue weighted by molar-refractivity contribution is 5.83. The van der Waals surface area contributed by atoms with Crippen LogP contribution in [-0.4, -0.2) is 69.0 Å². The van der Waals surface area contributed by atoms with Crippen molar-refractivity contribution in [1.29, 1.82) is 0 Å². The van der Waals surface area contributed by atoms with Crippen LogP contribution < -0.4 is 10.5 Å². The number of nitrogens with zero attached hydrogens (tertiary/aromatic N) is 6. The summed E-state index contributed by atoms with van der Waals surface area (Å²) in [7, 11) is 0. The topological polar surface area (TPSA) is 92.2 Å². The first-order chi connectivity index (χ1) is 18.9. The number of benzene rings is 2. The molecule has 2 atom stereocenters. The zero-order valence-electron chi connectivity index (χ0n) is 23.3. The molecule has 2 aromatic heterocycles. The van der Waals surface area contributed by atoms with Crippen molar-refractivity contribution >= 4 is 16.6 Å². The van der Waals surface area contributed by atoms with Gasteiger partial charge in [0.15, 0.2) is 5.82 Å². The van der Waals surface area contributed by atoms with E-state index in [9.17, 15) is 4.79 Å². The van der Waals surface area contributed by atoms with Crippen molar-refractivity contribution in [3.05, 3.63) is 80.4 Å². The van der Waals surface area contributed by atoms with Gasteiger partial charge in [0.25, 0.3) is 5.56 Å². The van der Waals surface area contributed by atoms with Crippen LogP contribution in [0.5, 0.6) is 0 Å². The van der Waals surface area contributed by atoms with Crippen molar-refractivity contribution in [2.45, 2.75) is 59.2 Å². The Labute approximate surface area is 228 Å². The van der Waals surface area contributed by atoms with Gasteiger partial charge in [-0.2, -0.15) is 0 Å². The third-order valence-electron chi connectivity index (χ3n) is 8.23. The number of hydrogen-bond acceptors (Lipinski definition) is 7. The van der Waals surface area contributed by atoms with Crippen LogP contribution >= 0.6 is 0 Å². The van der Waals surface area contributed by atoms with E-state index in [0.717, 1.165) is 67.7 Å². The lowest BCUT2D eigenvalue weighted by Gasteiger charge is -2.40. The van der Waals surface area contributed by atoms with Gasteiger partial charge in [-0.15, -0.1) is 5.10 Å². The van der Waals surface area contributed by atoms with Gasteiger partial charge in [0, 0.05) is 54.9 Å². The number of hydrogen-bond donors (Lipinski definition) is 1. The van der Waals surface area contributed by atoms with E-state index < -0.39 is 0 Å². The van der Waals surface area contributed by atoms with Gasteiger partial charge < -0.3 is 14.6 Å². The van der Waals surface area contributed by atoms with Crippen molar-refractivity contribution in [2.24, 2.45) is 0 Å². The van der Waals surface area contributed by atoms with Gasteiger partial charge in [-0.1, -0.05) is 18.2 Å². The molecule has 2 saturated heterocycles. The number of aromatic amines is 1. The smallest absolute Gasteiger partial charge is 0.253 e. The van der Waals surface area contributed by atoms with Crippen molar-refractivity contribution in [1.82, 2.24) is 30.1 Å². The molecule has 0 spiro atoms. The summed E-state index contributed by atoms with van der Waals surface area (Å²) in [6, 6.07) is 12.5. The van der Waals surface area contributed by atoms with E-state index in [1.807, 2.05) is 10.7 Å². The number of H-pyrrole nitrogens is 1. The predicted molar refractivity (Wildman–Crippen MR) is 152 cm³/mol. The Balaban J connectivity index is 1.38. The van der Waals surface area contributed by atoms with E-state index in [0.29, 0.717) is 17.9 Å². The molecule has 0 saturated carbocycles. The molecule has 2 unspecified atom stereocenters. The van der Waals surface area contributed by atoms with Crippen LogP contribution in [0.4, 0.5) is 5.69 Å². The predicted octanol–water partition coefficient (Wildman–Crippen LogP) is 3.84. The van der Waals surface area contributed by atoms with Crippen LogP contribution in [0.15, 0.2) is 41.2 Å². The lowest BCUT2D eigenvalue weighted by molar-refractivity contribution is 0.0906. The van der Waals surface area contributed by atoms with Gasteiger partial charge in [-0.3, -0.25) is 9.69 Å². The Morgan fingerprint density at radius 3 is 2.59 bits per heavy atom. The summed E-state index contributed by atoms with van der Waals surface area (Å²) < 4.78 is 7.75. The number of aryl methyl sites for hydroxylation is 4. The number of tetrazole rings is 1. The molecule has 0 radical (unpaired) electrons. The maximum absolute atomic E-state index is 13.7. The minimum Gasteiger partial charge on any atom is -0.376 e. The van der Waals surface area contributed by atoms with E-state index >= 15 is 0 Å². The molecule has 4 aromatic rings. The number of anilines is 1. The first-order valence-electron chi connectivity index (χ1n) is 14.0. The lowest BCUT2D eigenvalue weighted by atomic mass is 9.99. The highest BCUT2D eigenvalue weighted by atomic mass is 16.5. The standard InChI is InChI=1S/C30H37N7O2/c1-19-7-8-21(3)27(16-19)35-9-11-36(12-10-35)28(29-32-33-34-37(29)18-23-6-5-13-39-23)25-17-24-22(4)14-20(2)15-26(24)31-30(25)38/h7-8,14-17,23,28H,5-6,9-13,18H2,1-4H3,(H,31,38). The van der Waals surface area contributed by atoms with Gasteiger partial charge >= 0.3 is 0 Å². The second-order valence-electron chi connectivity index (χ2n) is 11.2. The maximum atomic E-state index is 13.7. The fraction of sp³-hybridized carbons (Fsp3) is 0.467. The summed E-state index contributed by atoms with van der Waals surface area (Å²) in [4.78, 5) is 21.6. The molecule has 2 aliphatic heterocycles. The second kappa shape index (κ2) is 10.5. The van der Waals surface area contributed by atoms with Gasteiger partial charge in [0.2, 0.25) is 0 Å². The normalized spacial score (nSPS) is 19.2. The third-order valence-corrected chi connectivity index (χ3v) is 8.23. The average Bonchev–Trinajstić information content (AvgIpc) is 3.59. The summed E-state index contributed by atoms with van der Waals surface area (Å²) >= 11 is 0. The number of piperazine rings is 1. The highest BCUT2D eigenvalue weighted by Crippen LogP contribution is 2.31. The molecule has 9 nitrogen and oxygen atoms in total. The van der Waals surface area contributed by atoms with Crippen molar-refractivity contribution in [3.63, 3.8) is 0 Å². The van der Waals surface area contributed by atoms with Crippen molar-refractivity contribution in [2.75, 3.05) is 37.7 Å². The van der Waals surface area contributed by atoms with Gasteiger partial charge in [0.05, 0.1) is 12.6 Å². The molecule has 2 fully saturated rings. The minimum absolute atomic E-state index is 0.0918. The average molecular weight is 528 g/mol. The molecular formula is C30H37N7O2. The minimum atomic E-state index is -0.365. The van der Waals surface area contributed by atoms with E-state index in [-0.39, 0.29) is 17.7 Å². The molecule has 2 aliphatic rings. The van der Waals surface area contributed by atoms with Gasteiger partial charge in [-0.05, 0) is 91.4 Å². The Morgan fingerprint density at radius 2 is 1.82 bits per heavy atom. The van der Waals surface area contributed by atoms with E-state index in [1.54, 1.807) is 0 Å². The first kappa shape index (κ1) is 25.7. The zero-order valence-corrected chi connectivity index (χ0v) is 23.3. The summed E-state index contributed by atoms with van der Waals surface area (Å²) in [6.45, 7) is 13.1. The van der Waals surface area contributed by atoms with Crippen molar-refractivity contribution < 1.29 is 4.74 Å². The van der Waals surface area contributed by atoms with Gasteiger partial charge in [0.1, 0.15) is 6.04 Å². The summed E-state index contributed by atoms with van der Waals surface area (Å²) in [5, 5.41) is 14.0. The number of rotatable bonds is 6. The fourth-order valence-electron chi connectivity index (χ4n) is 6.19. The summed E-state index contributed by atoms with van der Waals surface area (Å²) in [6.07, 6.45) is 2.14. The Hall–Kier alpha value is -3.56. The Kier molecular flexibility index (Phi) is 6.95. The molecule has 2 aromatic carbocycles. The third kappa shape index (κ3) is 5.08. The maximum Gasteiger partial charge on any atom is 0.253 e. The molecule has 0 bridgehead atoms. The molecule has 4 heterocycles. The van der Waals surface area contributed by atoms with Crippen LogP contribution in [0, 0.1) is 27.7 Å². The molecule has 9 heteroatoms. The van der Waals surface area contributed by atoms with Crippen molar-refractivity contribution in [3.8, 4) is 0 Å². The van der Waals surface area contributed by atoms with E-state index in [4.69, 9.17) is 4.74 Å². The number of pyridine rings is 1. The SMILES string of the molecule is Cc1ccc(C)c(N2CCN(C(c3cc4c(C)cc(C)cc4[nH]c3=O)c3nnnn3CC3CCCO3)CC2)c1. The number of ether oxygens (including phenoxy) is 1. The van der Waals surface area contributed by atoms with Crippen LogP contribution in [-0.2, 0) is 11.3 Å². The molecule has 0 aliphatic carbocycles. The quantitative estimate of drug-likeness (QED) is 0.407. The van der Waals surface area contributed by atoms with Gasteiger partial charge in [-0.25, -0.2) is 4.68 Å². The Bertz CT molecular complexity index is 1540. The molecule has 204 valence electrons. The number of aromatic nitrogens is 5. The molecule has 6 rings (SSSR count). The molecular weight excluding hydrogens is 490 g/mol. The Morgan fingerprint density at radius 1 is 1.00 bits per heavy atom. The van der Waals surface area contributed by atoms with Crippen LogP contribution in [0.3, 0.4) is 0 Å². The number of fused-ring (bicyclic) bond motifs is 1. The van der Waals surface area contributed by atoms with Crippen LogP contribution in [0.25, 0.3) is 10.9 Å². The first-order valence-corrected chi connectivity index (χ1v) is 14.0. The summed E-state index contributed by atoms with van der Waals surface area (Å²) in [5.41, 5.74) is 7.53. The lowest BCUT2D eigenvalue weighted by Crippen LogP contribution is -2.49. The zero-order chi connectivity index (χ0) is 27.1. The molecule has 39 heavy (non-hydrogen) atoms. The fourth-order valence-corrected chi connectivity index (χ4v) is 6.19. The second-order valence-corrected chi connectivity index (χ2v) is 11.2. The monoisotopic (exact) mass is 527 g/mol. The summed E-state index contributed by atoms with van der Waals surface area (Å²) in [5.74, 6) is 0.695.